The fourth-order valence-electron chi connectivity index (χ4n) is 2.62. The third-order valence-electron chi connectivity index (χ3n) is 4.38. The first kappa shape index (κ1) is 21.0. The van der Waals surface area contributed by atoms with Crippen molar-refractivity contribution in [3.63, 3.8) is 0 Å². The Morgan fingerprint density at radius 3 is 2.52 bits per heavy atom. The number of nitrogens with one attached hydrogen (secondary N) is 1. The number of amides is 1. The number of rotatable bonds is 9. The number of hydrogen-bond acceptors (Lipinski definition) is 6. The van der Waals surface area contributed by atoms with E-state index in [1.165, 1.54) is 18.9 Å². The van der Waals surface area contributed by atoms with Crippen molar-refractivity contribution in [2.24, 2.45) is 5.92 Å². The van der Waals surface area contributed by atoms with Crippen molar-refractivity contribution in [1.29, 1.82) is 0 Å². The molecule has 0 aliphatic rings. The maximum Gasteiger partial charge on any atom is 0.328 e. The van der Waals surface area contributed by atoms with Crippen LogP contribution < -0.4 is 5.32 Å². The number of thioether (sulfide) groups is 1. The third-order valence-corrected chi connectivity index (χ3v) is 5.35. The molecule has 7 nitrogen and oxygen atoms in total. The molecular formula is C19H26N4O3S. The summed E-state index contributed by atoms with van der Waals surface area (Å²) < 4.78 is 6.77. The van der Waals surface area contributed by atoms with Gasteiger partial charge in [0.05, 0.1) is 12.9 Å². The maximum atomic E-state index is 12.3. The normalized spacial score (nSPS) is 13.0. The molecule has 0 fully saturated rings. The Morgan fingerprint density at radius 1 is 1.22 bits per heavy atom. The number of nitrogens with zero attached hydrogens (tertiary/aromatic N) is 3. The van der Waals surface area contributed by atoms with Gasteiger partial charge < -0.3 is 14.6 Å². The molecule has 1 N–H and O–H groups in total. The van der Waals surface area contributed by atoms with Crippen LogP contribution in [0.3, 0.4) is 0 Å². The molecule has 1 heterocycles. The lowest BCUT2D eigenvalue weighted by molar-refractivity contribution is -0.146. The van der Waals surface area contributed by atoms with Gasteiger partial charge in [-0.05, 0) is 12.8 Å². The van der Waals surface area contributed by atoms with E-state index in [-0.39, 0.29) is 17.6 Å². The number of benzene rings is 1. The average molecular weight is 391 g/mol. The fraction of sp³-hybridized carbons (Fsp3) is 0.474. The lowest BCUT2D eigenvalue weighted by Gasteiger charge is -2.21. The van der Waals surface area contributed by atoms with Crippen LogP contribution in [-0.2, 0) is 20.9 Å². The summed E-state index contributed by atoms with van der Waals surface area (Å²) in [5.41, 5.74) is 0.977. The van der Waals surface area contributed by atoms with Crippen molar-refractivity contribution in [1.82, 2.24) is 20.1 Å². The Hall–Kier alpha value is -2.35. The summed E-state index contributed by atoms with van der Waals surface area (Å²) in [7, 11) is 1.33. The van der Waals surface area contributed by atoms with Crippen molar-refractivity contribution in [2.45, 2.75) is 44.9 Å². The number of aromatic nitrogens is 3. The molecule has 0 radical (unpaired) electrons. The zero-order valence-corrected chi connectivity index (χ0v) is 17.0. The molecule has 2 rings (SSSR count). The summed E-state index contributed by atoms with van der Waals surface area (Å²) in [6, 6.07) is 9.16. The molecule has 2 aromatic rings. The van der Waals surface area contributed by atoms with E-state index in [9.17, 15) is 9.59 Å². The zero-order chi connectivity index (χ0) is 19.8. The second-order valence-corrected chi connectivity index (χ2v) is 7.10. The average Bonchev–Trinajstić information content (AvgIpc) is 3.12. The number of carbonyl (C=O) groups excluding carboxylic acids is 2. The van der Waals surface area contributed by atoms with Crippen molar-refractivity contribution >= 4 is 23.6 Å². The first-order valence-electron chi connectivity index (χ1n) is 9.00. The molecule has 1 aromatic heterocycles. The van der Waals surface area contributed by atoms with E-state index in [2.05, 4.69) is 15.5 Å². The van der Waals surface area contributed by atoms with Gasteiger partial charge in [-0.2, -0.15) is 0 Å². The van der Waals surface area contributed by atoms with Gasteiger partial charge in [-0.15, -0.1) is 10.2 Å². The van der Waals surface area contributed by atoms with Crippen LogP contribution in [0.1, 0.15) is 27.2 Å². The molecular weight excluding hydrogens is 364 g/mol. The summed E-state index contributed by atoms with van der Waals surface area (Å²) in [6.07, 6.45) is 0.762. The Balaban J connectivity index is 2.05. The molecule has 146 valence electrons. The number of ether oxygens (including phenoxy) is 1. The topological polar surface area (TPSA) is 86.1 Å². The summed E-state index contributed by atoms with van der Waals surface area (Å²) in [6.45, 7) is 6.58. The van der Waals surface area contributed by atoms with Crippen LogP contribution in [0, 0.1) is 5.92 Å². The lowest BCUT2D eigenvalue weighted by Crippen LogP contribution is -2.46. The van der Waals surface area contributed by atoms with Crippen LogP contribution in [0.4, 0.5) is 0 Å². The molecule has 0 aliphatic heterocycles. The minimum atomic E-state index is -0.642. The van der Waals surface area contributed by atoms with Crippen LogP contribution in [0.5, 0.6) is 0 Å². The van der Waals surface area contributed by atoms with E-state index in [1.54, 1.807) is 0 Å². The highest BCUT2D eigenvalue weighted by atomic mass is 32.2. The Kier molecular flexibility index (Phi) is 7.84. The quantitative estimate of drug-likeness (QED) is 0.523. The lowest BCUT2D eigenvalue weighted by atomic mass is 9.99. The predicted molar refractivity (Wildman–Crippen MR) is 105 cm³/mol. The molecule has 2 atom stereocenters. The summed E-state index contributed by atoms with van der Waals surface area (Å²) in [5.74, 6) is 0.258. The number of esters is 1. The van der Waals surface area contributed by atoms with Gasteiger partial charge in [0.2, 0.25) is 5.91 Å². The van der Waals surface area contributed by atoms with Gasteiger partial charge in [0.25, 0.3) is 0 Å². The fourth-order valence-corrected chi connectivity index (χ4v) is 3.44. The number of carbonyl (C=O) groups is 2. The Labute approximate surface area is 163 Å². The van der Waals surface area contributed by atoms with Crippen LogP contribution in [-0.4, -0.2) is 45.5 Å². The van der Waals surface area contributed by atoms with Gasteiger partial charge in [-0.3, -0.25) is 4.79 Å². The van der Waals surface area contributed by atoms with E-state index in [0.29, 0.717) is 11.7 Å². The zero-order valence-electron chi connectivity index (χ0n) is 16.1. The molecule has 0 saturated heterocycles. The molecule has 0 bridgehead atoms. The molecule has 0 aliphatic carbocycles. The van der Waals surface area contributed by atoms with Crippen LogP contribution >= 0.6 is 11.8 Å². The van der Waals surface area contributed by atoms with Crippen molar-refractivity contribution in [3.8, 4) is 11.4 Å². The monoisotopic (exact) mass is 390 g/mol. The first-order valence-corrected chi connectivity index (χ1v) is 9.98. The molecule has 8 heteroatoms. The molecule has 1 amide bonds. The van der Waals surface area contributed by atoms with E-state index in [1.807, 2.05) is 55.7 Å². The van der Waals surface area contributed by atoms with Gasteiger partial charge in [-0.1, -0.05) is 62.4 Å². The highest BCUT2D eigenvalue weighted by Crippen LogP contribution is 2.23. The number of methoxy groups -OCH3 is 1. The van der Waals surface area contributed by atoms with Crippen molar-refractivity contribution in [3.05, 3.63) is 30.3 Å². The maximum absolute atomic E-state index is 12.3. The highest BCUT2D eigenvalue weighted by Gasteiger charge is 2.26. The third kappa shape index (κ3) is 5.32. The predicted octanol–water partition coefficient (Wildman–Crippen LogP) is 2.76. The van der Waals surface area contributed by atoms with Crippen molar-refractivity contribution in [2.75, 3.05) is 12.9 Å². The van der Waals surface area contributed by atoms with Crippen LogP contribution in [0.25, 0.3) is 11.4 Å². The van der Waals surface area contributed by atoms with Gasteiger partial charge in [-0.25, -0.2) is 4.79 Å². The van der Waals surface area contributed by atoms with E-state index >= 15 is 0 Å². The minimum absolute atomic E-state index is 0.00428. The molecule has 0 unspecified atom stereocenters. The van der Waals surface area contributed by atoms with Gasteiger partial charge in [0.15, 0.2) is 11.0 Å². The Bertz CT molecular complexity index is 764. The van der Waals surface area contributed by atoms with E-state index in [4.69, 9.17) is 4.74 Å². The van der Waals surface area contributed by atoms with Gasteiger partial charge in [0.1, 0.15) is 6.04 Å². The number of hydrogen-bond donors (Lipinski definition) is 1. The van der Waals surface area contributed by atoms with Gasteiger partial charge in [0, 0.05) is 12.1 Å². The molecule has 0 saturated carbocycles. The smallest absolute Gasteiger partial charge is 0.328 e. The molecule has 0 spiro atoms. The summed E-state index contributed by atoms with van der Waals surface area (Å²) in [4.78, 5) is 24.3. The second kappa shape index (κ2) is 10.1. The highest BCUT2D eigenvalue weighted by molar-refractivity contribution is 7.99. The molecule has 27 heavy (non-hydrogen) atoms. The Morgan fingerprint density at radius 2 is 1.93 bits per heavy atom. The second-order valence-electron chi connectivity index (χ2n) is 6.16. The van der Waals surface area contributed by atoms with Crippen LogP contribution in [0.2, 0.25) is 0 Å². The standard InChI is InChI=1S/C19H26N4O3S/c1-5-13(3)16(18(25)26-4)20-15(24)12-27-19-22-21-17(23(19)6-2)14-10-8-7-9-11-14/h7-11,13,16H,5-6,12H2,1-4H3,(H,20,24)/t13-,16-/m0/s1. The first-order chi connectivity index (χ1) is 13.0. The molecule has 1 aromatic carbocycles. The van der Waals surface area contributed by atoms with E-state index < -0.39 is 12.0 Å². The minimum Gasteiger partial charge on any atom is -0.467 e. The summed E-state index contributed by atoms with van der Waals surface area (Å²) in [5, 5.41) is 11.9. The summed E-state index contributed by atoms with van der Waals surface area (Å²) >= 11 is 1.30. The van der Waals surface area contributed by atoms with Crippen molar-refractivity contribution < 1.29 is 14.3 Å². The van der Waals surface area contributed by atoms with E-state index in [0.717, 1.165) is 17.8 Å². The largest absolute Gasteiger partial charge is 0.467 e. The van der Waals surface area contributed by atoms with Crippen LogP contribution in [0.15, 0.2) is 35.5 Å². The van der Waals surface area contributed by atoms with Gasteiger partial charge >= 0.3 is 5.97 Å². The SMILES string of the molecule is CC[C@H](C)[C@H](NC(=O)CSc1nnc(-c2ccccc2)n1CC)C(=O)OC.